The van der Waals surface area contributed by atoms with E-state index in [9.17, 15) is 4.79 Å². The summed E-state index contributed by atoms with van der Waals surface area (Å²) in [6.45, 7) is 0. The molecule has 0 aliphatic heterocycles. The first-order valence-corrected chi connectivity index (χ1v) is 8.05. The Labute approximate surface area is 138 Å². The summed E-state index contributed by atoms with van der Waals surface area (Å²) in [4.78, 5) is 13.6. The molecular formula is C19H14N2OS. The van der Waals surface area contributed by atoms with Crippen molar-refractivity contribution in [2.45, 2.75) is 6.04 Å². The minimum Gasteiger partial charge on any atom is -0.340 e. The second kappa shape index (κ2) is 6.91. The molecule has 3 aromatic rings. The smallest absolute Gasteiger partial charge is 0.252 e. The Hall–Kier alpha value is -2.90. The fourth-order valence-corrected chi connectivity index (χ4v) is 3.17. The van der Waals surface area contributed by atoms with Gasteiger partial charge in [0.25, 0.3) is 5.91 Å². The van der Waals surface area contributed by atoms with Crippen LogP contribution >= 0.6 is 11.3 Å². The zero-order valence-electron chi connectivity index (χ0n) is 12.3. The normalized spacial score (nSPS) is 11.4. The lowest BCUT2D eigenvalue weighted by Gasteiger charge is -2.18. The molecule has 0 fully saturated rings. The van der Waals surface area contributed by atoms with Gasteiger partial charge in [-0.25, -0.2) is 0 Å². The van der Waals surface area contributed by atoms with Gasteiger partial charge in [-0.2, -0.15) is 5.26 Å². The third kappa shape index (κ3) is 3.47. The van der Waals surface area contributed by atoms with Gasteiger partial charge in [0.15, 0.2) is 0 Å². The van der Waals surface area contributed by atoms with Crippen LogP contribution in [0.3, 0.4) is 0 Å². The van der Waals surface area contributed by atoms with Crippen molar-refractivity contribution in [2.24, 2.45) is 0 Å². The highest BCUT2D eigenvalue weighted by Crippen LogP contribution is 2.26. The van der Waals surface area contributed by atoms with Crippen molar-refractivity contribution in [1.29, 1.82) is 5.26 Å². The SMILES string of the molecule is N#Cc1cccc(C(=O)N[C@@H](c2ccccc2)c2cccs2)c1. The first-order valence-electron chi connectivity index (χ1n) is 7.17. The Kier molecular flexibility index (Phi) is 4.51. The summed E-state index contributed by atoms with van der Waals surface area (Å²) in [7, 11) is 0. The summed E-state index contributed by atoms with van der Waals surface area (Å²) < 4.78 is 0. The Bertz CT molecular complexity index is 835. The second-order valence-corrected chi connectivity index (χ2v) is 6.00. The lowest BCUT2D eigenvalue weighted by atomic mass is 10.0. The molecule has 112 valence electrons. The molecule has 1 N–H and O–H groups in total. The molecule has 0 aliphatic carbocycles. The Morgan fingerprint density at radius 2 is 1.87 bits per heavy atom. The molecule has 23 heavy (non-hydrogen) atoms. The van der Waals surface area contributed by atoms with Crippen LogP contribution in [0.25, 0.3) is 0 Å². The van der Waals surface area contributed by atoms with Crippen LogP contribution in [0.1, 0.15) is 32.4 Å². The maximum Gasteiger partial charge on any atom is 0.252 e. The molecular weight excluding hydrogens is 304 g/mol. The minimum absolute atomic E-state index is 0.190. The lowest BCUT2D eigenvalue weighted by Crippen LogP contribution is -2.28. The maximum absolute atomic E-state index is 12.6. The quantitative estimate of drug-likeness (QED) is 0.786. The van der Waals surface area contributed by atoms with Crippen molar-refractivity contribution < 1.29 is 4.79 Å². The van der Waals surface area contributed by atoms with Gasteiger partial charge in [-0.05, 0) is 35.2 Å². The van der Waals surface area contributed by atoms with Crippen LogP contribution in [0.15, 0.2) is 72.1 Å². The molecule has 1 amide bonds. The number of benzene rings is 2. The molecule has 0 bridgehead atoms. The Morgan fingerprint density at radius 3 is 2.57 bits per heavy atom. The number of nitrogens with one attached hydrogen (secondary N) is 1. The zero-order valence-corrected chi connectivity index (χ0v) is 13.1. The fourth-order valence-electron chi connectivity index (χ4n) is 2.36. The predicted octanol–water partition coefficient (Wildman–Crippen LogP) is 4.14. The number of amides is 1. The van der Waals surface area contributed by atoms with E-state index in [0.29, 0.717) is 11.1 Å². The molecule has 0 radical (unpaired) electrons. The molecule has 0 saturated heterocycles. The number of carbonyl (C=O) groups is 1. The molecule has 2 aromatic carbocycles. The minimum atomic E-state index is -0.200. The number of rotatable bonds is 4. The van der Waals surface area contributed by atoms with Crippen molar-refractivity contribution in [3.63, 3.8) is 0 Å². The van der Waals surface area contributed by atoms with E-state index >= 15 is 0 Å². The van der Waals surface area contributed by atoms with E-state index in [1.54, 1.807) is 35.6 Å². The van der Waals surface area contributed by atoms with Gasteiger partial charge in [0.05, 0.1) is 17.7 Å². The van der Waals surface area contributed by atoms with Crippen LogP contribution in [-0.2, 0) is 0 Å². The number of thiophene rings is 1. The van der Waals surface area contributed by atoms with Gasteiger partial charge in [-0.1, -0.05) is 42.5 Å². The van der Waals surface area contributed by atoms with Crippen LogP contribution in [0, 0.1) is 11.3 Å². The molecule has 1 atom stereocenters. The van der Waals surface area contributed by atoms with E-state index in [4.69, 9.17) is 5.26 Å². The summed E-state index contributed by atoms with van der Waals surface area (Å²) in [6, 6.07) is 22.4. The standard InChI is InChI=1S/C19H14N2OS/c20-13-14-6-4-9-16(12-14)19(22)21-18(17-10-5-11-23-17)15-7-2-1-3-8-15/h1-12,18H,(H,21,22)/t18-/m0/s1. The molecule has 3 rings (SSSR count). The highest BCUT2D eigenvalue weighted by Gasteiger charge is 2.18. The van der Waals surface area contributed by atoms with Crippen LogP contribution < -0.4 is 5.32 Å². The first-order chi connectivity index (χ1) is 11.3. The average Bonchev–Trinajstić information content (AvgIpc) is 3.14. The number of carbonyl (C=O) groups excluding carboxylic acids is 1. The third-order valence-electron chi connectivity index (χ3n) is 3.49. The summed E-state index contributed by atoms with van der Waals surface area (Å²) in [5.74, 6) is -0.190. The molecule has 1 heterocycles. The Balaban J connectivity index is 1.90. The molecule has 0 spiro atoms. The van der Waals surface area contributed by atoms with Gasteiger partial charge in [0.1, 0.15) is 0 Å². The Morgan fingerprint density at radius 1 is 1.04 bits per heavy atom. The van der Waals surface area contributed by atoms with Crippen LogP contribution in [0.2, 0.25) is 0 Å². The maximum atomic E-state index is 12.6. The van der Waals surface area contributed by atoms with E-state index < -0.39 is 0 Å². The van der Waals surface area contributed by atoms with Gasteiger partial charge < -0.3 is 5.32 Å². The van der Waals surface area contributed by atoms with E-state index in [-0.39, 0.29) is 11.9 Å². The van der Waals surface area contributed by atoms with Crippen molar-refractivity contribution >= 4 is 17.2 Å². The first kappa shape index (κ1) is 15.0. The van der Waals surface area contributed by atoms with Gasteiger partial charge in [0.2, 0.25) is 0 Å². The number of nitrogens with zero attached hydrogens (tertiary/aromatic N) is 1. The molecule has 4 heteroatoms. The van der Waals surface area contributed by atoms with E-state index in [1.807, 2.05) is 47.8 Å². The van der Waals surface area contributed by atoms with Gasteiger partial charge >= 0.3 is 0 Å². The second-order valence-electron chi connectivity index (χ2n) is 5.03. The van der Waals surface area contributed by atoms with E-state index in [0.717, 1.165) is 10.4 Å². The highest BCUT2D eigenvalue weighted by molar-refractivity contribution is 7.10. The third-order valence-corrected chi connectivity index (χ3v) is 4.43. The number of hydrogen-bond acceptors (Lipinski definition) is 3. The van der Waals surface area contributed by atoms with Crippen molar-refractivity contribution in [2.75, 3.05) is 0 Å². The van der Waals surface area contributed by atoms with Crippen molar-refractivity contribution in [3.05, 3.63) is 93.7 Å². The molecule has 0 unspecified atom stereocenters. The van der Waals surface area contributed by atoms with Gasteiger partial charge in [-0.15, -0.1) is 11.3 Å². The number of hydrogen-bond donors (Lipinski definition) is 1. The lowest BCUT2D eigenvalue weighted by molar-refractivity contribution is 0.0943. The monoisotopic (exact) mass is 318 g/mol. The summed E-state index contributed by atoms with van der Waals surface area (Å²) in [5.41, 5.74) is 1.99. The highest BCUT2D eigenvalue weighted by atomic mass is 32.1. The molecule has 0 saturated carbocycles. The largest absolute Gasteiger partial charge is 0.340 e. The van der Waals surface area contributed by atoms with E-state index in [1.165, 1.54) is 0 Å². The van der Waals surface area contributed by atoms with Crippen LogP contribution in [0.4, 0.5) is 0 Å². The summed E-state index contributed by atoms with van der Waals surface area (Å²) in [6.07, 6.45) is 0. The van der Waals surface area contributed by atoms with Gasteiger partial charge in [-0.3, -0.25) is 4.79 Å². The van der Waals surface area contributed by atoms with Crippen LogP contribution in [0.5, 0.6) is 0 Å². The van der Waals surface area contributed by atoms with Crippen LogP contribution in [-0.4, -0.2) is 5.91 Å². The zero-order chi connectivity index (χ0) is 16.1. The summed E-state index contributed by atoms with van der Waals surface area (Å²) in [5, 5.41) is 14.0. The average molecular weight is 318 g/mol. The summed E-state index contributed by atoms with van der Waals surface area (Å²) >= 11 is 1.60. The van der Waals surface area contributed by atoms with Crippen molar-refractivity contribution in [1.82, 2.24) is 5.32 Å². The topological polar surface area (TPSA) is 52.9 Å². The molecule has 0 aliphatic rings. The van der Waals surface area contributed by atoms with Crippen molar-refractivity contribution in [3.8, 4) is 6.07 Å². The number of nitriles is 1. The molecule has 3 nitrogen and oxygen atoms in total. The predicted molar refractivity (Wildman–Crippen MR) is 91.2 cm³/mol. The van der Waals surface area contributed by atoms with Gasteiger partial charge in [0, 0.05) is 10.4 Å². The fraction of sp³-hybridized carbons (Fsp3) is 0.0526. The molecule has 1 aromatic heterocycles. The van der Waals surface area contributed by atoms with E-state index in [2.05, 4.69) is 11.4 Å².